The number of nitrogens with two attached hydrogens (primary N) is 1. The second-order valence-corrected chi connectivity index (χ2v) is 12.9. The highest BCUT2D eigenvalue weighted by Crippen LogP contribution is 2.33. The number of rotatable bonds is 8. The minimum Gasteiger partial charge on any atom is -0.467 e. The molecule has 0 bridgehead atoms. The lowest BCUT2D eigenvalue weighted by Crippen LogP contribution is -2.44. The quantitative estimate of drug-likeness (QED) is 0.233. The molecule has 6 rings (SSSR count). The monoisotopic (exact) mass is 691 g/mol. The van der Waals surface area contributed by atoms with Gasteiger partial charge in [-0.3, -0.25) is 9.59 Å². The first-order valence-corrected chi connectivity index (χ1v) is 16.9. The molecule has 268 valence electrons. The van der Waals surface area contributed by atoms with Gasteiger partial charge in [0, 0.05) is 19.1 Å². The highest BCUT2D eigenvalue weighted by atomic mass is 16.5. The molecule has 9 nitrogen and oxygen atoms in total. The van der Waals surface area contributed by atoms with Crippen molar-refractivity contribution in [1.82, 2.24) is 9.80 Å². The van der Waals surface area contributed by atoms with E-state index in [0.29, 0.717) is 25.9 Å². The first-order valence-electron chi connectivity index (χ1n) is 16.9. The van der Waals surface area contributed by atoms with Crippen LogP contribution < -0.4 is 5.73 Å². The molecule has 0 radical (unpaired) electrons. The van der Waals surface area contributed by atoms with Gasteiger partial charge in [0.15, 0.2) is 0 Å². The third-order valence-electron chi connectivity index (χ3n) is 9.38. The van der Waals surface area contributed by atoms with E-state index in [-0.39, 0.29) is 37.2 Å². The Balaban J connectivity index is 0.000000224. The number of carbonyl (C=O) groups excluding carboxylic acids is 4. The van der Waals surface area contributed by atoms with Crippen molar-refractivity contribution >= 4 is 23.8 Å². The predicted molar refractivity (Wildman–Crippen MR) is 198 cm³/mol. The topological polar surface area (TPSA) is 119 Å². The van der Waals surface area contributed by atoms with Gasteiger partial charge >= 0.3 is 11.9 Å². The molecular formula is C42H49N3O6. The molecule has 2 aliphatic rings. The number of likely N-dealkylation sites (tertiary alicyclic amines) is 2. The molecule has 4 aromatic rings. The fourth-order valence-corrected chi connectivity index (χ4v) is 6.99. The molecule has 2 N–H and O–H groups in total. The van der Waals surface area contributed by atoms with Crippen LogP contribution in [0, 0.1) is 5.92 Å². The summed E-state index contributed by atoms with van der Waals surface area (Å²) in [6.45, 7) is 2.99. The maximum Gasteiger partial charge on any atom is 0.328 e. The van der Waals surface area contributed by atoms with Crippen molar-refractivity contribution in [2.24, 2.45) is 11.7 Å². The van der Waals surface area contributed by atoms with Crippen LogP contribution in [0.3, 0.4) is 0 Å². The Morgan fingerprint density at radius 3 is 1.22 bits per heavy atom. The Hall–Kier alpha value is -5.28. The lowest BCUT2D eigenvalue weighted by atomic mass is 9.90. The number of carbonyl (C=O) groups is 4. The zero-order valence-corrected chi connectivity index (χ0v) is 28.8. The van der Waals surface area contributed by atoms with Crippen LogP contribution in [0.5, 0.6) is 0 Å². The molecule has 0 saturated carbocycles. The Kier molecular flexibility index (Phi) is 13.7. The van der Waals surface area contributed by atoms with Crippen LogP contribution in [0.1, 0.15) is 61.3 Å². The normalized spacial score (nSPS) is 19.5. The second-order valence-electron chi connectivity index (χ2n) is 12.9. The summed E-state index contributed by atoms with van der Waals surface area (Å²) in [4.78, 5) is 54.3. The van der Waals surface area contributed by atoms with Crippen molar-refractivity contribution in [1.29, 1.82) is 0 Å². The van der Waals surface area contributed by atoms with E-state index in [2.05, 4.69) is 6.92 Å². The third-order valence-corrected chi connectivity index (χ3v) is 9.38. The SMILES string of the molecule is C.COC(=O)[C@@H]1C[C@@H](C)CN1C(=O)C(c1ccccc1)c1ccccc1.COC(=O)[C@@H]1C[C@H](N)CN1C(=O)C(c1ccccc1)c1ccccc1. The van der Waals surface area contributed by atoms with Crippen LogP contribution in [-0.2, 0) is 28.7 Å². The summed E-state index contributed by atoms with van der Waals surface area (Å²) in [5, 5.41) is 0. The van der Waals surface area contributed by atoms with Gasteiger partial charge < -0.3 is 25.0 Å². The molecule has 2 saturated heterocycles. The summed E-state index contributed by atoms with van der Waals surface area (Å²) in [5.41, 5.74) is 9.67. The Labute approximate surface area is 301 Å². The Morgan fingerprint density at radius 1 is 0.569 bits per heavy atom. The van der Waals surface area contributed by atoms with Crippen LogP contribution >= 0.6 is 0 Å². The smallest absolute Gasteiger partial charge is 0.328 e. The molecule has 2 fully saturated rings. The van der Waals surface area contributed by atoms with Gasteiger partial charge in [0.1, 0.15) is 12.1 Å². The van der Waals surface area contributed by atoms with Crippen molar-refractivity contribution in [3.8, 4) is 0 Å². The number of amides is 2. The number of methoxy groups -OCH3 is 2. The summed E-state index contributed by atoms with van der Waals surface area (Å²) >= 11 is 0. The van der Waals surface area contributed by atoms with E-state index in [0.717, 1.165) is 22.3 Å². The molecule has 0 unspecified atom stereocenters. The van der Waals surface area contributed by atoms with E-state index in [1.165, 1.54) is 14.2 Å². The predicted octanol–water partition coefficient (Wildman–Crippen LogP) is 5.78. The van der Waals surface area contributed by atoms with E-state index in [9.17, 15) is 19.2 Å². The molecule has 0 spiro atoms. The van der Waals surface area contributed by atoms with E-state index < -0.39 is 29.9 Å². The van der Waals surface area contributed by atoms with Crippen LogP contribution in [0.4, 0.5) is 0 Å². The number of hydrogen-bond donors (Lipinski definition) is 1. The number of hydrogen-bond acceptors (Lipinski definition) is 7. The molecule has 4 atom stereocenters. The standard InChI is InChI=1S/C21H23NO3.C20H22N2O3.CH4/c1-15-13-18(21(24)25-2)22(14-15)20(23)19(16-9-5-3-6-10-16)17-11-7-4-8-12-17;1-25-20(24)17-12-16(21)13-22(17)19(23)18(14-8-4-2-5-9-14)15-10-6-3-7-11-15;/h3-12,15,18-19H,13-14H2,1-2H3;2-11,16-18H,12-13,21H2,1H3;1H4/t15-,18+;16-,17-;/m10./s1. The second kappa shape index (κ2) is 18.1. The molecule has 2 amide bonds. The number of nitrogens with zero attached hydrogens (tertiary/aromatic N) is 2. The van der Waals surface area contributed by atoms with E-state index in [4.69, 9.17) is 15.2 Å². The fourth-order valence-electron chi connectivity index (χ4n) is 6.99. The average Bonchev–Trinajstić information content (AvgIpc) is 3.75. The van der Waals surface area contributed by atoms with E-state index >= 15 is 0 Å². The third kappa shape index (κ3) is 9.10. The molecule has 51 heavy (non-hydrogen) atoms. The molecule has 0 aromatic heterocycles. The van der Waals surface area contributed by atoms with Crippen molar-refractivity contribution in [3.63, 3.8) is 0 Å². The van der Waals surface area contributed by atoms with Crippen LogP contribution in [0.15, 0.2) is 121 Å². The van der Waals surface area contributed by atoms with Crippen molar-refractivity contribution in [3.05, 3.63) is 144 Å². The van der Waals surface area contributed by atoms with Gasteiger partial charge in [-0.2, -0.15) is 0 Å². The molecule has 9 heteroatoms. The zero-order valence-electron chi connectivity index (χ0n) is 28.8. The first-order chi connectivity index (χ1) is 24.2. The molecule has 4 aromatic carbocycles. The summed E-state index contributed by atoms with van der Waals surface area (Å²) < 4.78 is 9.79. The largest absolute Gasteiger partial charge is 0.467 e. The van der Waals surface area contributed by atoms with Gasteiger partial charge in [0.25, 0.3) is 0 Å². The van der Waals surface area contributed by atoms with Crippen molar-refractivity contribution in [2.45, 2.75) is 57.2 Å². The Morgan fingerprint density at radius 2 is 0.882 bits per heavy atom. The molecule has 2 heterocycles. The van der Waals surface area contributed by atoms with Gasteiger partial charge in [-0.15, -0.1) is 0 Å². The van der Waals surface area contributed by atoms with Crippen LogP contribution in [-0.4, -0.2) is 79.0 Å². The number of esters is 2. The average molecular weight is 692 g/mol. The van der Waals surface area contributed by atoms with Gasteiger partial charge in [-0.1, -0.05) is 136 Å². The number of benzene rings is 4. The molecular weight excluding hydrogens is 642 g/mol. The lowest BCUT2D eigenvalue weighted by Gasteiger charge is -2.28. The maximum absolute atomic E-state index is 13.4. The fraction of sp³-hybridized carbons (Fsp3) is 0.333. The van der Waals surface area contributed by atoms with Crippen molar-refractivity contribution in [2.75, 3.05) is 27.3 Å². The molecule has 0 aliphatic carbocycles. The minimum absolute atomic E-state index is 0. The van der Waals surface area contributed by atoms with Crippen molar-refractivity contribution < 1.29 is 28.7 Å². The Bertz CT molecular complexity index is 1510. The summed E-state index contributed by atoms with van der Waals surface area (Å²) in [6.07, 6.45) is 1.07. The minimum atomic E-state index is -0.623. The first kappa shape index (κ1) is 38.5. The van der Waals surface area contributed by atoms with Gasteiger partial charge in [0.05, 0.1) is 26.1 Å². The summed E-state index contributed by atoms with van der Waals surface area (Å²) in [7, 11) is 2.71. The van der Waals surface area contributed by atoms with Gasteiger partial charge in [0.2, 0.25) is 11.8 Å². The van der Waals surface area contributed by atoms with E-state index in [1.54, 1.807) is 9.80 Å². The van der Waals surface area contributed by atoms with E-state index in [1.807, 2.05) is 121 Å². The highest BCUT2D eigenvalue weighted by Gasteiger charge is 2.43. The summed E-state index contributed by atoms with van der Waals surface area (Å²) in [6, 6.07) is 37.3. The van der Waals surface area contributed by atoms with Crippen LogP contribution in [0.25, 0.3) is 0 Å². The zero-order chi connectivity index (χ0) is 35.6. The summed E-state index contributed by atoms with van der Waals surface area (Å²) in [5.74, 6) is -1.53. The highest BCUT2D eigenvalue weighted by molar-refractivity contribution is 5.92. The van der Waals surface area contributed by atoms with Gasteiger partial charge in [-0.25, -0.2) is 9.59 Å². The number of ether oxygens (including phenoxy) is 2. The van der Waals surface area contributed by atoms with Crippen LogP contribution in [0.2, 0.25) is 0 Å². The maximum atomic E-state index is 13.4. The van der Waals surface area contributed by atoms with Gasteiger partial charge in [-0.05, 0) is 41.0 Å². The molecule has 2 aliphatic heterocycles. The lowest BCUT2D eigenvalue weighted by molar-refractivity contribution is -0.151.